The molecule has 0 spiro atoms. The summed E-state index contributed by atoms with van der Waals surface area (Å²) in [4.78, 5) is 24.9. The third-order valence-corrected chi connectivity index (χ3v) is 5.74. The Balaban J connectivity index is 1.95. The van der Waals surface area contributed by atoms with Crippen LogP contribution < -0.4 is 0 Å². The van der Waals surface area contributed by atoms with Crippen LogP contribution in [0.5, 0.6) is 0 Å². The van der Waals surface area contributed by atoms with Crippen molar-refractivity contribution < 1.29 is 9.72 Å². The highest BCUT2D eigenvalue weighted by atomic mass is 32.1. The van der Waals surface area contributed by atoms with Crippen molar-refractivity contribution >= 4 is 17.1 Å². The maximum absolute atomic E-state index is 12.9. The summed E-state index contributed by atoms with van der Waals surface area (Å²) in [7, 11) is 0. The first-order valence-corrected chi connectivity index (χ1v) is 8.92. The van der Waals surface area contributed by atoms with Crippen molar-refractivity contribution in [3.05, 3.63) is 103 Å². The van der Waals surface area contributed by atoms with Gasteiger partial charge in [0, 0.05) is 26.8 Å². The van der Waals surface area contributed by atoms with Crippen molar-refractivity contribution in [2.45, 2.75) is 11.8 Å². The summed E-state index contributed by atoms with van der Waals surface area (Å²) in [5.41, 5.74) is 3.06. The van der Waals surface area contributed by atoms with Gasteiger partial charge in [-0.2, -0.15) is 0 Å². The molecule has 25 heavy (non-hydrogen) atoms. The molecule has 0 saturated carbocycles. The van der Waals surface area contributed by atoms with E-state index >= 15 is 0 Å². The van der Waals surface area contributed by atoms with Gasteiger partial charge in [0.1, 0.15) is 0 Å². The Morgan fingerprint density at radius 3 is 2.08 bits per heavy atom. The minimum atomic E-state index is -0.301. The Hall–Kier alpha value is -2.79. The number of nitro groups is 1. The third kappa shape index (κ3) is 2.66. The van der Waals surface area contributed by atoms with Crippen molar-refractivity contribution in [3.63, 3.8) is 0 Å². The molecule has 124 valence electrons. The van der Waals surface area contributed by atoms with E-state index in [1.807, 2.05) is 66.0 Å². The van der Waals surface area contributed by atoms with Gasteiger partial charge in [-0.05, 0) is 22.6 Å². The molecule has 0 bridgehead atoms. The topological polar surface area (TPSA) is 60.2 Å². The van der Waals surface area contributed by atoms with Gasteiger partial charge in [-0.25, -0.2) is 0 Å². The number of hydrogen-bond acceptors (Lipinski definition) is 4. The van der Waals surface area contributed by atoms with Crippen LogP contribution in [-0.4, -0.2) is 17.3 Å². The first kappa shape index (κ1) is 15.7. The lowest BCUT2D eigenvalue weighted by molar-refractivity contribution is -0.483. The second-order valence-electron chi connectivity index (χ2n) is 6.12. The summed E-state index contributed by atoms with van der Waals surface area (Å²) >= 11 is 1.53. The molecule has 0 aliphatic heterocycles. The number of rotatable bonds is 4. The van der Waals surface area contributed by atoms with E-state index in [1.165, 1.54) is 11.3 Å². The van der Waals surface area contributed by atoms with Gasteiger partial charge in [-0.15, -0.1) is 11.3 Å². The van der Waals surface area contributed by atoms with E-state index in [2.05, 4.69) is 0 Å². The Morgan fingerprint density at radius 1 is 0.960 bits per heavy atom. The van der Waals surface area contributed by atoms with E-state index < -0.39 is 0 Å². The zero-order valence-electron chi connectivity index (χ0n) is 13.3. The molecule has 1 aliphatic rings. The fourth-order valence-corrected chi connectivity index (χ4v) is 4.58. The third-order valence-electron chi connectivity index (χ3n) is 4.74. The van der Waals surface area contributed by atoms with Crippen LogP contribution in [0.3, 0.4) is 0 Å². The smallest absolute Gasteiger partial charge is 0.212 e. The molecular formula is C20H15NO3S. The average molecular weight is 349 g/mol. The van der Waals surface area contributed by atoms with E-state index in [9.17, 15) is 14.9 Å². The standard InChI is InChI=1S/C20H15NO3S/c22-20-15-8-3-1-6-13(15)19(14-7-2-4-9-16(14)20)17(12-21(23)24)18-10-5-11-25-18/h1-11,17,19H,12H2/t17-/m1/s1. The molecule has 5 heteroatoms. The van der Waals surface area contributed by atoms with E-state index in [1.54, 1.807) is 0 Å². The number of ketones is 1. The molecule has 0 amide bonds. The van der Waals surface area contributed by atoms with Gasteiger partial charge in [-0.3, -0.25) is 14.9 Å². The molecule has 0 radical (unpaired) electrons. The van der Waals surface area contributed by atoms with Crippen molar-refractivity contribution in [1.29, 1.82) is 0 Å². The number of benzene rings is 2. The molecule has 4 rings (SSSR count). The average Bonchev–Trinajstić information content (AvgIpc) is 3.15. The highest BCUT2D eigenvalue weighted by Crippen LogP contribution is 2.45. The SMILES string of the molecule is O=C1c2ccccc2C([C@H](C[N+](=O)[O-])c2cccs2)c2ccccc21. The van der Waals surface area contributed by atoms with E-state index in [0.29, 0.717) is 11.1 Å². The van der Waals surface area contributed by atoms with Crippen LogP contribution in [0.15, 0.2) is 66.0 Å². The molecule has 1 heterocycles. The number of fused-ring (bicyclic) bond motifs is 2. The van der Waals surface area contributed by atoms with Crippen LogP contribution in [0.1, 0.15) is 43.8 Å². The number of thiophene rings is 1. The number of hydrogen-bond donors (Lipinski definition) is 0. The van der Waals surface area contributed by atoms with Gasteiger partial charge in [0.2, 0.25) is 6.54 Å². The molecule has 4 nitrogen and oxygen atoms in total. The molecule has 1 atom stereocenters. The molecule has 0 unspecified atom stereocenters. The van der Waals surface area contributed by atoms with E-state index in [0.717, 1.165) is 16.0 Å². The van der Waals surface area contributed by atoms with Crippen molar-refractivity contribution in [2.75, 3.05) is 6.54 Å². The Bertz CT molecular complexity index is 900. The van der Waals surface area contributed by atoms with Crippen LogP contribution in [0, 0.1) is 10.1 Å². The van der Waals surface area contributed by atoms with Crippen LogP contribution in [0.25, 0.3) is 0 Å². The molecule has 2 aromatic carbocycles. The fraction of sp³-hybridized carbons (Fsp3) is 0.150. The molecule has 0 saturated heterocycles. The summed E-state index contributed by atoms with van der Waals surface area (Å²) in [5.74, 6) is -0.506. The maximum atomic E-state index is 12.9. The van der Waals surface area contributed by atoms with Crippen LogP contribution in [-0.2, 0) is 0 Å². The highest BCUT2D eigenvalue weighted by molar-refractivity contribution is 7.10. The summed E-state index contributed by atoms with van der Waals surface area (Å²) < 4.78 is 0. The number of carbonyl (C=O) groups excluding carboxylic acids is 1. The molecule has 1 aliphatic carbocycles. The number of carbonyl (C=O) groups is 1. The second kappa shape index (κ2) is 6.26. The Labute approximate surface area is 148 Å². The predicted molar refractivity (Wildman–Crippen MR) is 97.1 cm³/mol. The summed E-state index contributed by atoms with van der Waals surface area (Å²) in [6.45, 7) is -0.165. The van der Waals surface area contributed by atoms with E-state index in [4.69, 9.17) is 0 Å². The van der Waals surface area contributed by atoms with Crippen molar-refractivity contribution in [1.82, 2.24) is 0 Å². The molecule has 3 aromatic rings. The lowest BCUT2D eigenvalue weighted by Crippen LogP contribution is -2.27. The first-order valence-electron chi connectivity index (χ1n) is 8.04. The van der Waals surface area contributed by atoms with Crippen molar-refractivity contribution in [3.8, 4) is 0 Å². The Morgan fingerprint density at radius 2 is 1.56 bits per heavy atom. The zero-order valence-corrected chi connectivity index (χ0v) is 14.1. The largest absolute Gasteiger partial charge is 0.289 e. The minimum Gasteiger partial charge on any atom is -0.289 e. The summed E-state index contributed by atoms with van der Waals surface area (Å²) in [6, 6.07) is 18.8. The van der Waals surface area contributed by atoms with Crippen LogP contribution >= 0.6 is 11.3 Å². The highest BCUT2D eigenvalue weighted by Gasteiger charge is 2.38. The van der Waals surface area contributed by atoms with E-state index in [-0.39, 0.29) is 29.1 Å². The quantitative estimate of drug-likeness (QED) is 0.515. The Kier molecular flexibility index (Phi) is 3.93. The summed E-state index contributed by atoms with van der Waals surface area (Å²) in [6.07, 6.45) is 0. The zero-order chi connectivity index (χ0) is 17.4. The summed E-state index contributed by atoms with van der Waals surface area (Å²) in [5, 5.41) is 13.3. The number of nitrogens with zero attached hydrogens (tertiary/aromatic N) is 1. The van der Waals surface area contributed by atoms with Crippen LogP contribution in [0.2, 0.25) is 0 Å². The molecular weight excluding hydrogens is 334 g/mol. The molecule has 1 aromatic heterocycles. The first-order chi connectivity index (χ1) is 12.2. The molecule has 0 N–H and O–H groups in total. The second-order valence-corrected chi connectivity index (χ2v) is 7.10. The lowest BCUT2D eigenvalue weighted by atomic mass is 9.71. The monoisotopic (exact) mass is 349 g/mol. The van der Waals surface area contributed by atoms with Gasteiger partial charge in [0.15, 0.2) is 5.78 Å². The minimum absolute atomic E-state index is 0.00603. The van der Waals surface area contributed by atoms with Gasteiger partial charge in [0.05, 0.1) is 5.92 Å². The van der Waals surface area contributed by atoms with Gasteiger partial charge < -0.3 is 0 Å². The predicted octanol–water partition coefficient (Wildman–Crippen LogP) is 4.48. The normalized spacial score (nSPS) is 14.6. The lowest BCUT2D eigenvalue weighted by Gasteiger charge is -2.31. The van der Waals surface area contributed by atoms with Gasteiger partial charge >= 0.3 is 0 Å². The van der Waals surface area contributed by atoms with Crippen LogP contribution in [0.4, 0.5) is 0 Å². The fourth-order valence-electron chi connectivity index (χ4n) is 3.72. The maximum Gasteiger partial charge on any atom is 0.212 e. The van der Waals surface area contributed by atoms with Gasteiger partial charge in [-0.1, -0.05) is 54.6 Å². The van der Waals surface area contributed by atoms with Gasteiger partial charge in [0.25, 0.3) is 0 Å². The van der Waals surface area contributed by atoms with Crippen molar-refractivity contribution in [2.24, 2.45) is 0 Å². The molecule has 0 fully saturated rings.